The lowest BCUT2D eigenvalue weighted by molar-refractivity contribution is -0.139. The Morgan fingerprint density at radius 1 is 1.06 bits per heavy atom. The molecule has 0 radical (unpaired) electrons. The van der Waals surface area contributed by atoms with Gasteiger partial charge in [0.25, 0.3) is 5.91 Å². The normalized spacial score (nSPS) is 11.7. The highest BCUT2D eigenvalue weighted by atomic mass is 32.1. The van der Waals surface area contributed by atoms with Gasteiger partial charge in [-0.15, -0.1) is 11.3 Å². The number of anilines is 1. The molecule has 0 aliphatic rings. The van der Waals surface area contributed by atoms with Crippen molar-refractivity contribution in [1.82, 2.24) is 10.3 Å². The molecule has 3 rings (SSSR count). The molecule has 1 aromatic heterocycles. The van der Waals surface area contributed by atoms with Crippen LogP contribution >= 0.6 is 11.3 Å². The monoisotopic (exact) mass is 465 g/mol. The van der Waals surface area contributed by atoms with Gasteiger partial charge in [-0.05, 0) is 43.5 Å². The van der Waals surface area contributed by atoms with Gasteiger partial charge in [0.1, 0.15) is 6.04 Å². The minimum atomic E-state index is -1.05. The first-order valence-corrected chi connectivity index (χ1v) is 12.0. The molecule has 0 saturated heterocycles. The van der Waals surface area contributed by atoms with E-state index in [1.54, 1.807) is 23.5 Å². The summed E-state index contributed by atoms with van der Waals surface area (Å²) in [7, 11) is 0. The van der Waals surface area contributed by atoms with E-state index in [4.69, 9.17) is 4.98 Å². The smallest absolute Gasteiger partial charge is 0.326 e. The number of hydrogen-bond donors (Lipinski definition) is 2. The molecule has 33 heavy (non-hydrogen) atoms. The van der Waals surface area contributed by atoms with E-state index in [1.807, 2.05) is 49.4 Å². The molecular weight excluding hydrogens is 434 g/mol. The Morgan fingerprint density at radius 2 is 1.76 bits per heavy atom. The van der Waals surface area contributed by atoms with Crippen molar-refractivity contribution in [2.45, 2.75) is 52.6 Å². The number of amides is 1. The maximum Gasteiger partial charge on any atom is 0.326 e. The van der Waals surface area contributed by atoms with E-state index < -0.39 is 12.0 Å². The molecule has 1 heterocycles. The number of benzene rings is 2. The van der Waals surface area contributed by atoms with Gasteiger partial charge >= 0.3 is 5.97 Å². The van der Waals surface area contributed by atoms with E-state index in [-0.39, 0.29) is 12.3 Å². The fourth-order valence-electron chi connectivity index (χ4n) is 3.46. The SMILES string of the molecule is CCCCN(Cc1ccc(C(=O)NC(Cc2ccccc2)C(=O)O)cc1)c1nc(C)c(C)s1. The molecule has 3 aromatic rings. The Hall–Kier alpha value is -3.19. The van der Waals surface area contributed by atoms with E-state index in [9.17, 15) is 14.7 Å². The molecule has 0 spiro atoms. The lowest BCUT2D eigenvalue weighted by Crippen LogP contribution is -2.42. The number of unbranched alkanes of at least 4 members (excludes halogenated alkanes) is 1. The Morgan fingerprint density at radius 3 is 2.33 bits per heavy atom. The van der Waals surface area contributed by atoms with Gasteiger partial charge in [-0.1, -0.05) is 55.8 Å². The zero-order valence-electron chi connectivity index (χ0n) is 19.4. The van der Waals surface area contributed by atoms with Crippen LogP contribution in [0.3, 0.4) is 0 Å². The van der Waals surface area contributed by atoms with E-state index in [0.717, 1.165) is 41.3 Å². The zero-order valence-corrected chi connectivity index (χ0v) is 20.2. The lowest BCUT2D eigenvalue weighted by atomic mass is 10.1. The molecule has 0 saturated carbocycles. The summed E-state index contributed by atoms with van der Waals surface area (Å²) >= 11 is 1.71. The van der Waals surface area contributed by atoms with Crippen LogP contribution in [0.2, 0.25) is 0 Å². The van der Waals surface area contributed by atoms with E-state index >= 15 is 0 Å². The maximum atomic E-state index is 12.7. The van der Waals surface area contributed by atoms with E-state index in [0.29, 0.717) is 12.1 Å². The molecule has 174 valence electrons. The summed E-state index contributed by atoms with van der Waals surface area (Å²) in [5.41, 5.74) is 3.44. The van der Waals surface area contributed by atoms with Crippen LogP contribution in [-0.4, -0.2) is 34.6 Å². The number of aryl methyl sites for hydroxylation is 2. The third-order valence-corrected chi connectivity index (χ3v) is 6.68. The fraction of sp³-hybridized carbons (Fsp3) is 0.346. The molecule has 0 bridgehead atoms. The van der Waals surface area contributed by atoms with Crippen molar-refractivity contribution in [2.75, 3.05) is 11.4 Å². The highest BCUT2D eigenvalue weighted by Crippen LogP contribution is 2.27. The average molecular weight is 466 g/mol. The molecule has 1 unspecified atom stereocenters. The van der Waals surface area contributed by atoms with Crippen LogP contribution in [0.1, 0.15) is 51.8 Å². The maximum absolute atomic E-state index is 12.7. The number of carbonyl (C=O) groups is 2. The Bertz CT molecular complexity index is 1040. The standard InChI is InChI=1S/C26H31N3O3S/c1-4-5-15-29(26-27-18(2)19(3)33-26)17-21-11-13-22(14-12-21)24(30)28-23(25(31)32)16-20-9-7-6-8-10-20/h6-14,23H,4-5,15-17H2,1-3H3,(H,28,30)(H,31,32). The number of nitrogens with zero attached hydrogens (tertiary/aromatic N) is 2. The summed E-state index contributed by atoms with van der Waals surface area (Å²) in [6, 6.07) is 15.7. The van der Waals surface area contributed by atoms with Gasteiger partial charge in [0.15, 0.2) is 5.13 Å². The Balaban J connectivity index is 1.67. The third-order valence-electron chi connectivity index (χ3n) is 5.54. The number of thiazole rings is 1. The van der Waals surface area contributed by atoms with Crippen molar-refractivity contribution >= 4 is 28.3 Å². The number of rotatable bonds is 11. The van der Waals surface area contributed by atoms with Gasteiger partial charge in [-0.3, -0.25) is 4.79 Å². The number of carboxylic acids is 1. The highest BCUT2D eigenvalue weighted by Gasteiger charge is 2.21. The first-order chi connectivity index (χ1) is 15.9. The molecular formula is C26H31N3O3S. The van der Waals surface area contributed by atoms with Crippen LogP contribution in [0.25, 0.3) is 0 Å². The summed E-state index contributed by atoms with van der Waals surface area (Å²) in [5.74, 6) is -1.44. The summed E-state index contributed by atoms with van der Waals surface area (Å²) in [6.07, 6.45) is 2.42. The van der Waals surface area contributed by atoms with Crippen LogP contribution < -0.4 is 10.2 Å². The first kappa shape index (κ1) is 24.5. The van der Waals surface area contributed by atoms with Crippen LogP contribution in [0.15, 0.2) is 54.6 Å². The summed E-state index contributed by atoms with van der Waals surface area (Å²) < 4.78 is 0. The van der Waals surface area contributed by atoms with Crippen LogP contribution in [0, 0.1) is 13.8 Å². The van der Waals surface area contributed by atoms with Gasteiger partial charge < -0.3 is 15.3 Å². The fourth-order valence-corrected chi connectivity index (χ4v) is 4.39. The van der Waals surface area contributed by atoms with Crippen LogP contribution in [0.5, 0.6) is 0 Å². The molecule has 6 nitrogen and oxygen atoms in total. The predicted octanol–water partition coefficient (Wildman–Crippen LogP) is 4.99. The van der Waals surface area contributed by atoms with Gasteiger partial charge in [0.2, 0.25) is 0 Å². The summed E-state index contributed by atoms with van der Waals surface area (Å²) in [6.45, 7) is 7.92. The number of nitrogens with one attached hydrogen (secondary N) is 1. The van der Waals surface area contributed by atoms with Gasteiger partial charge in [0.05, 0.1) is 5.69 Å². The minimum absolute atomic E-state index is 0.235. The molecule has 0 aliphatic carbocycles. The van der Waals surface area contributed by atoms with E-state index in [2.05, 4.69) is 24.1 Å². The molecule has 2 N–H and O–H groups in total. The first-order valence-electron chi connectivity index (χ1n) is 11.2. The quantitative estimate of drug-likeness (QED) is 0.417. The second-order valence-corrected chi connectivity index (χ2v) is 9.35. The van der Waals surface area contributed by atoms with Crippen molar-refractivity contribution < 1.29 is 14.7 Å². The number of aliphatic carboxylic acids is 1. The molecule has 0 aliphatic heterocycles. The predicted molar refractivity (Wildman–Crippen MR) is 133 cm³/mol. The molecule has 1 amide bonds. The highest BCUT2D eigenvalue weighted by molar-refractivity contribution is 7.15. The van der Waals surface area contributed by atoms with Crippen LogP contribution in [-0.2, 0) is 17.8 Å². The van der Waals surface area contributed by atoms with Crippen molar-refractivity contribution in [3.63, 3.8) is 0 Å². The second kappa shape index (κ2) is 11.6. The van der Waals surface area contributed by atoms with Crippen molar-refractivity contribution in [2.24, 2.45) is 0 Å². The molecule has 1 atom stereocenters. The van der Waals surface area contributed by atoms with Crippen molar-refractivity contribution in [3.05, 3.63) is 81.9 Å². The lowest BCUT2D eigenvalue weighted by Gasteiger charge is -2.22. The van der Waals surface area contributed by atoms with Gasteiger partial charge in [-0.25, -0.2) is 9.78 Å². The van der Waals surface area contributed by atoms with Gasteiger partial charge in [-0.2, -0.15) is 0 Å². The van der Waals surface area contributed by atoms with Crippen molar-refractivity contribution in [3.8, 4) is 0 Å². The Kier molecular flexibility index (Phi) is 8.60. The summed E-state index contributed by atoms with van der Waals surface area (Å²) in [5, 5.41) is 13.2. The summed E-state index contributed by atoms with van der Waals surface area (Å²) in [4.78, 5) is 32.6. The number of aromatic nitrogens is 1. The second-order valence-electron chi connectivity index (χ2n) is 8.16. The number of carbonyl (C=O) groups excluding carboxylic acids is 1. The topological polar surface area (TPSA) is 82.5 Å². The largest absolute Gasteiger partial charge is 0.480 e. The third kappa shape index (κ3) is 6.89. The van der Waals surface area contributed by atoms with Crippen LogP contribution in [0.4, 0.5) is 5.13 Å². The minimum Gasteiger partial charge on any atom is -0.480 e. The Labute approximate surface area is 199 Å². The van der Waals surface area contributed by atoms with Crippen molar-refractivity contribution in [1.29, 1.82) is 0 Å². The van der Waals surface area contributed by atoms with E-state index in [1.165, 1.54) is 4.88 Å². The van der Waals surface area contributed by atoms with Gasteiger partial charge in [0, 0.05) is 30.0 Å². The molecule has 7 heteroatoms. The zero-order chi connectivity index (χ0) is 23.8. The number of carboxylic acid groups (broad SMARTS) is 1. The molecule has 2 aromatic carbocycles. The number of hydrogen-bond acceptors (Lipinski definition) is 5. The molecule has 0 fully saturated rings. The average Bonchev–Trinajstić information content (AvgIpc) is 3.15.